The summed E-state index contributed by atoms with van der Waals surface area (Å²) in [6, 6.07) is 16.7. The SMILES string of the molecule is CCc1nc(C)nc(N2CCN(C[C@H](O)COc3ccccc3C)CC2)c1Cc1ccc(C)cc1. The molecule has 0 radical (unpaired) electrons. The lowest BCUT2D eigenvalue weighted by Crippen LogP contribution is -2.49. The number of para-hydroxylation sites is 1. The van der Waals surface area contributed by atoms with Crippen molar-refractivity contribution in [1.29, 1.82) is 0 Å². The highest BCUT2D eigenvalue weighted by molar-refractivity contribution is 5.52. The van der Waals surface area contributed by atoms with Crippen LogP contribution in [0.15, 0.2) is 48.5 Å². The zero-order valence-electron chi connectivity index (χ0n) is 21.5. The van der Waals surface area contributed by atoms with Gasteiger partial charge in [-0.3, -0.25) is 4.90 Å². The number of piperazine rings is 1. The van der Waals surface area contributed by atoms with E-state index in [2.05, 4.69) is 47.9 Å². The van der Waals surface area contributed by atoms with E-state index >= 15 is 0 Å². The summed E-state index contributed by atoms with van der Waals surface area (Å²) in [5.41, 5.74) is 6.02. The molecule has 1 aromatic heterocycles. The minimum Gasteiger partial charge on any atom is -0.491 e. The minimum absolute atomic E-state index is 0.302. The van der Waals surface area contributed by atoms with Gasteiger partial charge in [0.15, 0.2) is 0 Å². The number of benzene rings is 2. The predicted molar refractivity (Wildman–Crippen MR) is 141 cm³/mol. The first-order valence-electron chi connectivity index (χ1n) is 12.7. The third kappa shape index (κ3) is 6.59. The lowest BCUT2D eigenvalue weighted by atomic mass is 10.0. The number of rotatable bonds is 9. The van der Waals surface area contributed by atoms with Crippen molar-refractivity contribution in [1.82, 2.24) is 14.9 Å². The smallest absolute Gasteiger partial charge is 0.136 e. The number of anilines is 1. The van der Waals surface area contributed by atoms with E-state index in [-0.39, 0.29) is 0 Å². The van der Waals surface area contributed by atoms with Crippen LogP contribution in [0, 0.1) is 20.8 Å². The number of aliphatic hydroxyl groups is 1. The molecule has 1 saturated heterocycles. The molecule has 0 unspecified atom stereocenters. The van der Waals surface area contributed by atoms with Crippen molar-refractivity contribution in [3.8, 4) is 5.75 Å². The van der Waals surface area contributed by atoms with Crippen molar-refractivity contribution in [3.63, 3.8) is 0 Å². The highest BCUT2D eigenvalue weighted by Crippen LogP contribution is 2.26. The zero-order valence-corrected chi connectivity index (χ0v) is 21.5. The van der Waals surface area contributed by atoms with Crippen LogP contribution < -0.4 is 9.64 Å². The summed E-state index contributed by atoms with van der Waals surface area (Å²) < 4.78 is 5.84. The van der Waals surface area contributed by atoms with Gasteiger partial charge in [0.05, 0.1) is 0 Å². The Morgan fingerprint density at radius 3 is 2.34 bits per heavy atom. The van der Waals surface area contributed by atoms with Crippen LogP contribution in [-0.4, -0.2) is 65.4 Å². The summed E-state index contributed by atoms with van der Waals surface area (Å²) in [6.07, 6.45) is 1.21. The lowest BCUT2D eigenvalue weighted by molar-refractivity contribution is 0.0660. The highest BCUT2D eigenvalue weighted by Gasteiger charge is 2.24. The van der Waals surface area contributed by atoms with Crippen molar-refractivity contribution in [2.75, 3.05) is 44.2 Å². The number of ether oxygens (including phenoxy) is 1. The number of aromatic nitrogens is 2. The second-order valence-electron chi connectivity index (χ2n) is 9.55. The Hall–Kier alpha value is -2.96. The Balaban J connectivity index is 1.39. The van der Waals surface area contributed by atoms with E-state index in [1.807, 2.05) is 38.1 Å². The summed E-state index contributed by atoms with van der Waals surface area (Å²) in [4.78, 5) is 14.4. The predicted octanol–water partition coefficient (Wildman–Crippen LogP) is 4.12. The molecule has 0 amide bonds. The fourth-order valence-corrected chi connectivity index (χ4v) is 4.68. The van der Waals surface area contributed by atoms with Crippen LogP contribution in [-0.2, 0) is 12.8 Å². The molecule has 6 nitrogen and oxygen atoms in total. The van der Waals surface area contributed by atoms with Gasteiger partial charge in [-0.2, -0.15) is 0 Å². The Bertz CT molecular complexity index is 1110. The Morgan fingerprint density at radius 2 is 1.66 bits per heavy atom. The van der Waals surface area contributed by atoms with E-state index in [4.69, 9.17) is 14.7 Å². The molecule has 35 heavy (non-hydrogen) atoms. The van der Waals surface area contributed by atoms with E-state index in [9.17, 15) is 5.11 Å². The number of aliphatic hydroxyl groups excluding tert-OH is 1. The van der Waals surface area contributed by atoms with E-state index in [1.54, 1.807) is 0 Å². The quantitative estimate of drug-likeness (QED) is 0.504. The molecule has 4 rings (SSSR count). The largest absolute Gasteiger partial charge is 0.491 e. The van der Waals surface area contributed by atoms with E-state index in [1.165, 1.54) is 16.7 Å². The monoisotopic (exact) mass is 474 g/mol. The van der Waals surface area contributed by atoms with Crippen LogP contribution in [0.1, 0.15) is 40.7 Å². The first-order valence-corrected chi connectivity index (χ1v) is 12.7. The molecule has 6 heteroatoms. The van der Waals surface area contributed by atoms with Gasteiger partial charge in [-0.25, -0.2) is 9.97 Å². The van der Waals surface area contributed by atoms with Crippen molar-refractivity contribution >= 4 is 5.82 Å². The number of hydrogen-bond donors (Lipinski definition) is 1. The van der Waals surface area contributed by atoms with Gasteiger partial charge in [-0.1, -0.05) is 55.0 Å². The van der Waals surface area contributed by atoms with Gasteiger partial charge in [0.2, 0.25) is 0 Å². The van der Waals surface area contributed by atoms with Crippen molar-refractivity contribution < 1.29 is 9.84 Å². The number of hydrogen-bond acceptors (Lipinski definition) is 6. The molecule has 0 spiro atoms. The van der Waals surface area contributed by atoms with Gasteiger partial charge >= 0.3 is 0 Å². The maximum atomic E-state index is 10.6. The van der Waals surface area contributed by atoms with Crippen LogP contribution in [0.2, 0.25) is 0 Å². The third-order valence-corrected chi connectivity index (χ3v) is 6.68. The molecule has 2 aromatic carbocycles. The van der Waals surface area contributed by atoms with Gasteiger partial charge < -0.3 is 14.7 Å². The van der Waals surface area contributed by atoms with Gasteiger partial charge in [0, 0.05) is 50.4 Å². The Labute approximate surface area is 209 Å². The second kappa shape index (κ2) is 11.6. The summed E-state index contributed by atoms with van der Waals surface area (Å²) in [7, 11) is 0. The zero-order chi connectivity index (χ0) is 24.8. The number of nitrogens with zero attached hydrogens (tertiary/aromatic N) is 4. The van der Waals surface area contributed by atoms with E-state index in [0.717, 1.165) is 67.7 Å². The van der Waals surface area contributed by atoms with Crippen molar-refractivity contribution in [2.45, 2.75) is 46.6 Å². The summed E-state index contributed by atoms with van der Waals surface area (Å²) in [6.45, 7) is 12.7. The summed E-state index contributed by atoms with van der Waals surface area (Å²) >= 11 is 0. The fourth-order valence-electron chi connectivity index (χ4n) is 4.68. The minimum atomic E-state index is -0.522. The van der Waals surface area contributed by atoms with Crippen LogP contribution >= 0.6 is 0 Å². The lowest BCUT2D eigenvalue weighted by Gasteiger charge is -2.37. The standard InChI is InChI=1S/C29H38N4O2/c1-5-27-26(18-24-12-10-21(2)11-13-24)29(31-23(4)30-27)33-16-14-32(15-17-33)19-25(34)20-35-28-9-7-6-8-22(28)3/h6-13,25,34H,5,14-20H2,1-4H3/t25-/m0/s1. The molecule has 1 atom stereocenters. The molecular weight excluding hydrogens is 436 g/mol. The van der Waals surface area contributed by atoms with Crippen LogP contribution in [0.25, 0.3) is 0 Å². The molecule has 0 aliphatic carbocycles. The summed E-state index contributed by atoms with van der Waals surface area (Å²) in [5, 5.41) is 10.6. The summed E-state index contributed by atoms with van der Waals surface area (Å²) in [5.74, 6) is 2.73. The highest BCUT2D eigenvalue weighted by atomic mass is 16.5. The molecule has 2 heterocycles. The maximum Gasteiger partial charge on any atom is 0.136 e. The molecule has 0 saturated carbocycles. The van der Waals surface area contributed by atoms with Crippen molar-refractivity contribution in [2.24, 2.45) is 0 Å². The number of β-amino-alcohol motifs (C(OH)–C–C–N with tert-alkyl or cyclic N) is 1. The van der Waals surface area contributed by atoms with Crippen molar-refractivity contribution in [3.05, 3.63) is 82.3 Å². The Morgan fingerprint density at radius 1 is 0.943 bits per heavy atom. The van der Waals surface area contributed by atoms with Crippen LogP contribution in [0.5, 0.6) is 5.75 Å². The molecule has 1 N–H and O–H groups in total. The van der Waals surface area contributed by atoms with E-state index < -0.39 is 6.10 Å². The second-order valence-corrected chi connectivity index (χ2v) is 9.55. The number of aryl methyl sites for hydroxylation is 4. The maximum absolute atomic E-state index is 10.6. The van der Waals surface area contributed by atoms with Gasteiger partial charge in [-0.15, -0.1) is 0 Å². The van der Waals surface area contributed by atoms with Gasteiger partial charge in [0.1, 0.15) is 30.1 Å². The molecule has 186 valence electrons. The normalized spacial score (nSPS) is 15.3. The molecule has 3 aromatic rings. The first kappa shape index (κ1) is 25.1. The molecule has 1 fully saturated rings. The molecule has 1 aliphatic rings. The fraction of sp³-hybridized carbons (Fsp3) is 0.448. The average molecular weight is 475 g/mol. The van der Waals surface area contributed by atoms with E-state index in [0.29, 0.717) is 13.2 Å². The van der Waals surface area contributed by atoms with Gasteiger partial charge in [0.25, 0.3) is 0 Å². The van der Waals surface area contributed by atoms with Crippen LogP contribution in [0.3, 0.4) is 0 Å². The molecule has 0 bridgehead atoms. The first-order chi connectivity index (χ1) is 16.9. The Kier molecular flexibility index (Phi) is 8.37. The topological polar surface area (TPSA) is 61.7 Å². The third-order valence-electron chi connectivity index (χ3n) is 6.68. The van der Waals surface area contributed by atoms with Crippen LogP contribution in [0.4, 0.5) is 5.82 Å². The average Bonchev–Trinajstić information content (AvgIpc) is 2.86. The molecular formula is C29H38N4O2. The van der Waals surface area contributed by atoms with Gasteiger partial charge in [-0.05, 0) is 44.4 Å². The molecule has 1 aliphatic heterocycles.